The number of nitrogens with zero attached hydrogens (tertiary/aromatic N) is 2. The van der Waals surface area contributed by atoms with Crippen LogP contribution in [0.4, 0.5) is 11.8 Å². The Morgan fingerprint density at radius 2 is 2.20 bits per heavy atom. The minimum atomic E-state index is -0.945. The third kappa shape index (κ3) is 3.99. The highest BCUT2D eigenvalue weighted by Crippen LogP contribution is 2.08. The molecule has 0 bridgehead atoms. The van der Waals surface area contributed by atoms with Crippen LogP contribution in [0.15, 0.2) is 6.07 Å². The van der Waals surface area contributed by atoms with Crippen LogP contribution in [0.2, 0.25) is 0 Å². The fourth-order valence-corrected chi connectivity index (χ4v) is 0.949. The summed E-state index contributed by atoms with van der Waals surface area (Å²) in [7, 11) is 0. The number of nitrogen functional groups attached to an aromatic ring is 1. The van der Waals surface area contributed by atoms with Gasteiger partial charge >= 0.3 is 5.97 Å². The molecule has 1 aromatic rings. The standard InChI is InChI=1S/C8H12N4O2.ClH/c1-4-3-6(12-8(9)10-4)11-5(2)7(13)14;/h3,5H,1-2H3,(H,13,14)(H3,9,10,11,12);1H/p-1. The predicted octanol–water partition coefficient (Wildman–Crippen LogP) is -2.74. The average Bonchev–Trinajstić information content (AvgIpc) is 2.01. The van der Waals surface area contributed by atoms with E-state index in [4.69, 9.17) is 10.8 Å². The lowest BCUT2D eigenvalue weighted by atomic mass is 10.3. The molecule has 0 saturated heterocycles. The van der Waals surface area contributed by atoms with Crippen molar-refractivity contribution in [2.24, 2.45) is 0 Å². The maximum atomic E-state index is 10.5. The second-order valence-electron chi connectivity index (χ2n) is 2.96. The Morgan fingerprint density at radius 1 is 1.60 bits per heavy atom. The molecule has 0 aliphatic carbocycles. The van der Waals surface area contributed by atoms with E-state index in [0.717, 1.165) is 0 Å². The second kappa shape index (κ2) is 5.35. The molecule has 6 nitrogen and oxygen atoms in total. The molecule has 0 radical (unpaired) electrons. The summed E-state index contributed by atoms with van der Waals surface area (Å²) >= 11 is 0. The lowest BCUT2D eigenvalue weighted by Gasteiger charge is -2.10. The van der Waals surface area contributed by atoms with Gasteiger partial charge < -0.3 is 28.6 Å². The number of aliphatic carboxylic acids is 1. The summed E-state index contributed by atoms with van der Waals surface area (Å²) < 4.78 is 0. The fraction of sp³-hybridized carbons (Fsp3) is 0.375. The maximum absolute atomic E-state index is 10.5. The molecule has 7 heteroatoms. The van der Waals surface area contributed by atoms with E-state index in [1.54, 1.807) is 13.0 Å². The maximum Gasteiger partial charge on any atom is 0.325 e. The average molecular weight is 232 g/mol. The Balaban J connectivity index is 0.00000196. The number of hydrogen-bond acceptors (Lipinski definition) is 5. The van der Waals surface area contributed by atoms with Gasteiger partial charge in [0, 0.05) is 11.8 Å². The van der Waals surface area contributed by atoms with Crippen LogP contribution >= 0.6 is 0 Å². The molecular weight excluding hydrogens is 220 g/mol. The van der Waals surface area contributed by atoms with Gasteiger partial charge in [-0.15, -0.1) is 0 Å². The SMILES string of the molecule is Cc1cc(NC(C)C(=O)O)nc(N)n1.[Cl-]. The van der Waals surface area contributed by atoms with E-state index in [9.17, 15) is 4.79 Å². The van der Waals surface area contributed by atoms with Gasteiger partial charge in [0.05, 0.1) is 0 Å². The molecule has 0 aliphatic heterocycles. The molecule has 1 aromatic heterocycles. The minimum Gasteiger partial charge on any atom is -1.00 e. The summed E-state index contributed by atoms with van der Waals surface area (Å²) in [6, 6.07) is 0.930. The van der Waals surface area contributed by atoms with Crippen LogP contribution < -0.4 is 23.5 Å². The molecule has 0 amide bonds. The van der Waals surface area contributed by atoms with Gasteiger partial charge in [-0.1, -0.05) is 0 Å². The number of rotatable bonds is 3. The highest BCUT2D eigenvalue weighted by molar-refractivity contribution is 5.76. The zero-order valence-electron chi connectivity index (χ0n) is 8.36. The Kier molecular flexibility index (Phi) is 4.80. The van der Waals surface area contributed by atoms with Crippen LogP contribution in [-0.4, -0.2) is 27.1 Å². The topological polar surface area (TPSA) is 101 Å². The number of anilines is 2. The second-order valence-corrected chi connectivity index (χ2v) is 2.96. The smallest absolute Gasteiger partial charge is 0.325 e. The lowest BCUT2D eigenvalue weighted by Crippen LogP contribution is -3.00. The van der Waals surface area contributed by atoms with E-state index in [2.05, 4.69) is 15.3 Å². The van der Waals surface area contributed by atoms with Crippen LogP contribution in [0.5, 0.6) is 0 Å². The molecule has 0 aliphatic rings. The van der Waals surface area contributed by atoms with Gasteiger partial charge in [-0.3, -0.25) is 4.79 Å². The van der Waals surface area contributed by atoms with Crippen LogP contribution in [0.3, 0.4) is 0 Å². The van der Waals surface area contributed by atoms with Gasteiger partial charge in [-0.25, -0.2) is 4.98 Å². The number of carboxylic acid groups (broad SMARTS) is 1. The number of halogens is 1. The Bertz CT molecular complexity index is 338. The summed E-state index contributed by atoms with van der Waals surface area (Å²) in [5.41, 5.74) is 6.09. The molecule has 0 fully saturated rings. The first-order valence-corrected chi connectivity index (χ1v) is 4.09. The number of aromatic nitrogens is 2. The molecule has 4 N–H and O–H groups in total. The van der Waals surface area contributed by atoms with Crippen molar-refractivity contribution in [3.8, 4) is 0 Å². The molecular formula is C8H12ClN4O2-. The molecule has 0 saturated carbocycles. The van der Waals surface area contributed by atoms with Crippen molar-refractivity contribution in [2.75, 3.05) is 11.1 Å². The van der Waals surface area contributed by atoms with Crippen molar-refractivity contribution in [1.82, 2.24) is 9.97 Å². The summed E-state index contributed by atoms with van der Waals surface area (Å²) in [6.45, 7) is 3.28. The van der Waals surface area contributed by atoms with E-state index < -0.39 is 12.0 Å². The van der Waals surface area contributed by atoms with Crippen molar-refractivity contribution >= 4 is 17.7 Å². The summed E-state index contributed by atoms with van der Waals surface area (Å²) in [4.78, 5) is 18.3. The number of nitrogens with two attached hydrogens (primary N) is 1. The molecule has 0 aromatic carbocycles. The van der Waals surface area contributed by atoms with Crippen molar-refractivity contribution < 1.29 is 22.3 Å². The lowest BCUT2D eigenvalue weighted by molar-refractivity contribution is -0.137. The molecule has 15 heavy (non-hydrogen) atoms. The zero-order valence-corrected chi connectivity index (χ0v) is 9.12. The van der Waals surface area contributed by atoms with Crippen LogP contribution in [0.25, 0.3) is 0 Å². The number of nitrogens with one attached hydrogen (secondary N) is 1. The molecule has 0 spiro atoms. The third-order valence-electron chi connectivity index (χ3n) is 1.61. The first-order valence-electron chi connectivity index (χ1n) is 4.09. The summed E-state index contributed by atoms with van der Waals surface area (Å²) in [6.07, 6.45) is 0. The molecule has 1 atom stereocenters. The first-order chi connectivity index (χ1) is 6.49. The monoisotopic (exact) mass is 231 g/mol. The van der Waals surface area contributed by atoms with Gasteiger partial charge in [0.1, 0.15) is 11.9 Å². The Morgan fingerprint density at radius 3 is 2.67 bits per heavy atom. The van der Waals surface area contributed by atoms with E-state index in [-0.39, 0.29) is 18.4 Å². The zero-order chi connectivity index (χ0) is 10.7. The summed E-state index contributed by atoms with van der Waals surface area (Å²) in [5.74, 6) is -0.394. The first kappa shape index (κ1) is 13.4. The molecule has 1 rings (SSSR count). The van der Waals surface area contributed by atoms with E-state index in [0.29, 0.717) is 11.5 Å². The third-order valence-corrected chi connectivity index (χ3v) is 1.61. The quantitative estimate of drug-likeness (QED) is 0.522. The molecule has 1 unspecified atom stereocenters. The largest absolute Gasteiger partial charge is 1.00 e. The number of carboxylic acids is 1. The number of hydrogen-bond donors (Lipinski definition) is 3. The predicted molar refractivity (Wildman–Crippen MR) is 51.9 cm³/mol. The fourth-order valence-electron chi connectivity index (χ4n) is 0.949. The van der Waals surface area contributed by atoms with E-state index in [1.165, 1.54) is 6.92 Å². The van der Waals surface area contributed by atoms with Gasteiger partial charge in [0.2, 0.25) is 5.95 Å². The number of aryl methyl sites for hydroxylation is 1. The van der Waals surface area contributed by atoms with E-state index in [1.807, 2.05) is 0 Å². The van der Waals surface area contributed by atoms with Gasteiger partial charge in [-0.05, 0) is 13.8 Å². The highest BCUT2D eigenvalue weighted by atomic mass is 35.5. The van der Waals surface area contributed by atoms with Crippen molar-refractivity contribution in [3.63, 3.8) is 0 Å². The van der Waals surface area contributed by atoms with Crippen molar-refractivity contribution in [2.45, 2.75) is 19.9 Å². The Hall–Kier alpha value is -1.56. The van der Waals surface area contributed by atoms with Crippen LogP contribution in [-0.2, 0) is 4.79 Å². The molecule has 1 heterocycles. The minimum absolute atomic E-state index is 0. The van der Waals surface area contributed by atoms with Crippen molar-refractivity contribution in [1.29, 1.82) is 0 Å². The highest BCUT2D eigenvalue weighted by Gasteiger charge is 2.11. The van der Waals surface area contributed by atoms with E-state index >= 15 is 0 Å². The normalized spacial score (nSPS) is 11.3. The molecule has 84 valence electrons. The van der Waals surface area contributed by atoms with Crippen molar-refractivity contribution in [3.05, 3.63) is 11.8 Å². The number of carbonyl (C=O) groups is 1. The Labute approximate surface area is 93.3 Å². The summed E-state index contributed by atoms with van der Waals surface area (Å²) in [5, 5.41) is 11.3. The van der Waals surface area contributed by atoms with Gasteiger partial charge in [-0.2, -0.15) is 4.98 Å². The van der Waals surface area contributed by atoms with Crippen LogP contribution in [0, 0.1) is 6.92 Å². The van der Waals surface area contributed by atoms with Crippen LogP contribution in [0.1, 0.15) is 12.6 Å². The van der Waals surface area contributed by atoms with Gasteiger partial charge in [0.25, 0.3) is 0 Å². The van der Waals surface area contributed by atoms with Gasteiger partial charge in [0.15, 0.2) is 0 Å².